The minimum Gasteiger partial charge on any atom is -0.337 e. The monoisotopic (exact) mass is 391 g/mol. The van der Waals surface area contributed by atoms with Crippen molar-refractivity contribution in [1.29, 1.82) is 5.26 Å². The van der Waals surface area contributed by atoms with Gasteiger partial charge in [0, 0.05) is 29.6 Å². The Morgan fingerprint density at radius 3 is 2.33 bits per heavy atom. The number of hydrogen-bond acceptors (Lipinski definition) is 2. The highest BCUT2D eigenvalue weighted by Crippen LogP contribution is 2.38. The molecule has 5 rings (SSSR count). The van der Waals surface area contributed by atoms with E-state index in [1.165, 1.54) is 16.5 Å². The van der Waals surface area contributed by atoms with Crippen LogP contribution in [0.3, 0.4) is 0 Å². The fourth-order valence-corrected chi connectivity index (χ4v) is 4.51. The molecular weight excluding hydrogens is 370 g/mol. The maximum absolute atomic E-state index is 13.2. The quantitative estimate of drug-likeness (QED) is 0.496. The number of amides is 1. The maximum atomic E-state index is 13.2. The van der Waals surface area contributed by atoms with Crippen molar-refractivity contribution in [2.45, 2.75) is 19.0 Å². The number of fused-ring (bicyclic) bond motifs is 3. The van der Waals surface area contributed by atoms with E-state index in [4.69, 9.17) is 0 Å². The third-order valence-corrected chi connectivity index (χ3v) is 5.88. The summed E-state index contributed by atoms with van der Waals surface area (Å²) < 4.78 is 2.22. The highest BCUT2D eigenvalue weighted by molar-refractivity contribution is 5.95. The average molecular weight is 391 g/mol. The average Bonchev–Trinajstić information content (AvgIpc) is 3.13. The summed E-state index contributed by atoms with van der Waals surface area (Å²) in [6.45, 7) is 1.21. The molecule has 1 aliphatic heterocycles. The molecule has 0 fully saturated rings. The first-order chi connectivity index (χ1) is 14.8. The number of aromatic nitrogens is 1. The summed E-state index contributed by atoms with van der Waals surface area (Å²) in [5.41, 5.74) is 5.03. The Morgan fingerprint density at radius 2 is 1.60 bits per heavy atom. The molecule has 1 aliphatic rings. The number of nitriles is 1. The largest absolute Gasteiger partial charge is 0.337 e. The second-order valence-corrected chi connectivity index (χ2v) is 7.60. The Balaban J connectivity index is 1.65. The molecule has 1 unspecified atom stereocenters. The zero-order valence-electron chi connectivity index (χ0n) is 16.5. The van der Waals surface area contributed by atoms with E-state index in [0.29, 0.717) is 18.7 Å². The van der Waals surface area contributed by atoms with Crippen molar-refractivity contribution in [1.82, 2.24) is 9.47 Å². The lowest BCUT2D eigenvalue weighted by Gasteiger charge is -2.33. The van der Waals surface area contributed by atoms with Gasteiger partial charge < -0.3 is 9.47 Å². The normalized spacial score (nSPS) is 15.6. The Morgan fingerprint density at radius 1 is 0.933 bits per heavy atom. The molecule has 0 spiro atoms. The van der Waals surface area contributed by atoms with Gasteiger partial charge in [0.15, 0.2) is 6.04 Å². The van der Waals surface area contributed by atoms with Crippen LogP contribution in [0.5, 0.6) is 0 Å². The van der Waals surface area contributed by atoms with E-state index in [-0.39, 0.29) is 5.91 Å². The highest BCUT2D eigenvalue weighted by atomic mass is 16.2. The Kier molecular flexibility index (Phi) is 4.57. The van der Waals surface area contributed by atoms with E-state index in [1.807, 2.05) is 60.7 Å². The molecule has 0 saturated carbocycles. The van der Waals surface area contributed by atoms with Crippen LogP contribution in [0.1, 0.15) is 33.2 Å². The summed E-state index contributed by atoms with van der Waals surface area (Å²) in [7, 11) is 0. The highest BCUT2D eigenvalue weighted by Gasteiger charge is 2.35. The fourth-order valence-electron chi connectivity index (χ4n) is 4.51. The van der Waals surface area contributed by atoms with Crippen molar-refractivity contribution in [3.05, 3.63) is 107 Å². The predicted octanol–water partition coefficient (Wildman–Crippen LogP) is 4.95. The first-order valence-electron chi connectivity index (χ1n) is 10.2. The van der Waals surface area contributed by atoms with E-state index < -0.39 is 6.04 Å². The van der Waals surface area contributed by atoms with Crippen LogP contribution in [0.2, 0.25) is 0 Å². The molecule has 0 N–H and O–H groups in total. The molecule has 1 atom stereocenters. The van der Waals surface area contributed by atoms with Gasteiger partial charge in [-0.05, 0) is 35.7 Å². The van der Waals surface area contributed by atoms with Crippen molar-refractivity contribution < 1.29 is 4.79 Å². The standard InChI is InChI=1S/C26H21N3O/c27-17-24-25-22(15-16-28(24)26(30)20-11-5-2-6-12-20)21-13-7-8-14-23(21)29(25)18-19-9-3-1-4-10-19/h1-14,24H,15-16,18H2. The van der Waals surface area contributed by atoms with Crippen LogP contribution in [-0.2, 0) is 13.0 Å². The molecular formula is C26H21N3O. The lowest BCUT2D eigenvalue weighted by atomic mass is 9.97. The third kappa shape index (κ3) is 2.96. The number of carbonyl (C=O) groups excluding carboxylic acids is 1. The molecule has 0 radical (unpaired) electrons. The number of para-hydroxylation sites is 1. The summed E-state index contributed by atoms with van der Waals surface area (Å²) in [6, 6.07) is 29.6. The van der Waals surface area contributed by atoms with Crippen LogP contribution < -0.4 is 0 Å². The van der Waals surface area contributed by atoms with Gasteiger partial charge in [-0.3, -0.25) is 4.79 Å². The summed E-state index contributed by atoms with van der Waals surface area (Å²) in [4.78, 5) is 14.9. The smallest absolute Gasteiger partial charge is 0.255 e. The molecule has 0 aliphatic carbocycles. The van der Waals surface area contributed by atoms with Crippen LogP contribution >= 0.6 is 0 Å². The number of hydrogen-bond donors (Lipinski definition) is 0. The van der Waals surface area contributed by atoms with Crippen molar-refractivity contribution in [3.8, 4) is 6.07 Å². The van der Waals surface area contributed by atoms with Gasteiger partial charge in [0.05, 0.1) is 11.8 Å². The van der Waals surface area contributed by atoms with E-state index in [0.717, 1.165) is 17.6 Å². The molecule has 0 saturated heterocycles. The molecule has 1 aromatic heterocycles. The van der Waals surface area contributed by atoms with Crippen LogP contribution in [0.15, 0.2) is 84.9 Å². The summed E-state index contributed by atoms with van der Waals surface area (Å²) in [5, 5.41) is 11.3. The Bertz CT molecular complexity index is 1250. The Hall–Kier alpha value is -3.84. The molecule has 1 amide bonds. The number of carbonyl (C=O) groups is 1. The van der Waals surface area contributed by atoms with Gasteiger partial charge in [-0.1, -0.05) is 66.7 Å². The SMILES string of the molecule is N#CC1c2c(c3ccccc3n2Cc2ccccc2)CCN1C(=O)c1ccccc1. The molecule has 30 heavy (non-hydrogen) atoms. The minimum absolute atomic E-state index is 0.0932. The summed E-state index contributed by atoms with van der Waals surface area (Å²) in [5.74, 6) is -0.0932. The van der Waals surface area contributed by atoms with E-state index in [9.17, 15) is 10.1 Å². The molecule has 146 valence electrons. The second-order valence-electron chi connectivity index (χ2n) is 7.60. The zero-order chi connectivity index (χ0) is 20.5. The van der Waals surface area contributed by atoms with Gasteiger partial charge in [0.2, 0.25) is 0 Å². The first kappa shape index (κ1) is 18.2. The topological polar surface area (TPSA) is 49.0 Å². The van der Waals surface area contributed by atoms with E-state index >= 15 is 0 Å². The molecule has 4 aromatic rings. The predicted molar refractivity (Wildman–Crippen MR) is 117 cm³/mol. The molecule has 2 heterocycles. The number of rotatable bonds is 3. The van der Waals surface area contributed by atoms with Crippen molar-refractivity contribution in [2.75, 3.05) is 6.54 Å². The van der Waals surface area contributed by atoms with Crippen LogP contribution in [0.4, 0.5) is 0 Å². The van der Waals surface area contributed by atoms with E-state index in [2.05, 4.69) is 34.9 Å². The molecule has 4 nitrogen and oxygen atoms in total. The van der Waals surface area contributed by atoms with Crippen LogP contribution in [-0.4, -0.2) is 21.9 Å². The summed E-state index contributed by atoms with van der Waals surface area (Å²) >= 11 is 0. The van der Waals surface area contributed by atoms with Gasteiger partial charge in [-0.15, -0.1) is 0 Å². The molecule has 0 bridgehead atoms. The second kappa shape index (κ2) is 7.53. The third-order valence-electron chi connectivity index (χ3n) is 5.88. The van der Waals surface area contributed by atoms with Crippen molar-refractivity contribution in [3.63, 3.8) is 0 Å². The number of benzene rings is 3. The summed E-state index contributed by atoms with van der Waals surface area (Å²) in [6.07, 6.45) is 0.744. The van der Waals surface area contributed by atoms with Crippen LogP contribution in [0, 0.1) is 11.3 Å². The lowest BCUT2D eigenvalue weighted by molar-refractivity contribution is 0.0700. The maximum Gasteiger partial charge on any atom is 0.255 e. The minimum atomic E-state index is -0.613. The fraction of sp³-hybridized carbons (Fsp3) is 0.154. The lowest BCUT2D eigenvalue weighted by Crippen LogP contribution is -2.40. The zero-order valence-corrected chi connectivity index (χ0v) is 16.5. The van der Waals surface area contributed by atoms with Gasteiger partial charge in [0.1, 0.15) is 0 Å². The molecule has 3 aromatic carbocycles. The van der Waals surface area contributed by atoms with Gasteiger partial charge >= 0.3 is 0 Å². The van der Waals surface area contributed by atoms with Gasteiger partial charge in [-0.2, -0.15) is 5.26 Å². The molecule has 4 heteroatoms. The van der Waals surface area contributed by atoms with Gasteiger partial charge in [-0.25, -0.2) is 0 Å². The van der Waals surface area contributed by atoms with E-state index in [1.54, 1.807) is 4.90 Å². The number of nitrogens with zero attached hydrogens (tertiary/aromatic N) is 3. The Labute approximate surface area is 175 Å². The van der Waals surface area contributed by atoms with Gasteiger partial charge in [0.25, 0.3) is 5.91 Å². The van der Waals surface area contributed by atoms with Crippen LogP contribution in [0.25, 0.3) is 10.9 Å². The van der Waals surface area contributed by atoms with Crippen molar-refractivity contribution in [2.24, 2.45) is 0 Å². The van der Waals surface area contributed by atoms with Crippen molar-refractivity contribution >= 4 is 16.8 Å². The first-order valence-corrected chi connectivity index (χ1v) is 10.2.